The lowest BCUT2D eigenvalue weighted by molar-refractivity contribution is -0.122. The number of rotatable bonds is 5. The highest BCUT2D eigenvalue weighted by molar-refractivity contribution is 5.99. The van der Waals surface area contributed by atoms with Gasteiger partial charge in [0.05, 0.1) is 11.6 Å². The Hall–Kier alpha value is -3.40. The Bertz CT molecular complexity index is 956. The summed E-state index contributed by atoms with van der Waals surface area (Å²) in [6, 6.07) is 27.1. The molecule has 0 bridgehead atoms. The highest BCUT2D eigenvalue weighted by Crippen LogP contribution is 2.58. The van der Waals surface area contributed by atoms with Crippen LogP contribution in [-0.4, -0.2) is 16.7 Å². The van der Waals surface area contributed by atoms with Gasteiger partial charge in [-0.1, -0.05) is 60.7 Å². The van der Waals surface area contributed by atoms with Crippen molar-refractivity contribution in [3.05, 3.63) is 102 Å². The topological polar surface area (TPSA) is 61.7 Å². The zero-order chi connectivity index (χ0) is 19.6. The van der Waals surface area contributed by atoms with Gasteiger partial charge in [-0.2, -0.15) is 5.10 Å². The van der Waals surface area contributed by atoms with Crippen LogP contribution in [0.5, 0.6) is 5.75 Å². The Balaban J connectivity index is 1.56. The van der Waals surface area contributed by atoms with Crippen LogP contribution in [0.4, 0.5) is 0 Å². The number of carbonyl (C=O) groups excluding carboxylic acids is 1. The third-order valence-corrected chi connectivity index (χ3v) is 5.47. The maximum Gasteiger partial charge on any atom is 0.244 e. The fourth-order valence-corrected chi connectivity index (χ4v) is 3.84. The second-order valence-electron chi connectivity index (χ2n) is 7.18. The fourth-order valence-electron chi connectivity index (χ4n) is 3.84. The Labute approximate surface area is 164 Å². The summed E-state index contributed by atoms with van der Waals surface area (Å²) in [6.07, 6.45) is 0.765. The Morgan fingerprint density at radius 2 is 1.46 bits per heavy atom. The largest absolute Gasteiger partial charge is 0.508 e. The van der Waals surface area contributed by atoms with Gasteiger partial charge in [-0.3, -0.25) is 4.79 Å². The molecule has 1 aliphatic carbocycles. The number of hydrazone groups is 1. The lowest BCUT2D eigenvalue weighted by Gasteiger charge is -2.18. The first kappa shape index (κ1) is 18.0. The molecule has 0 spiro atoms. The average molecular weight is 370 g/mol. The molecule has 4 rings (SSSR count). The molecule has 0 saturated heterocycles. The molecular formula is C24H22N2O2. The van der Waals surface area contributed by atoms with E-state index in [2.05, 4.69) is 34.8 Å². The van der Waals surface area contributed by atoms with Crippen LogP contribution >= 0.6 is 0 Å². The first-order valence-corrected chi connectivity index (χ1v) is 9.36. The third kappa shape index (κ3) is 3.29. The summed E-state index contributed by atoms with van der Waals surface area (Å²) in [5.41, 5.74) is 6.29. The normalized spacial score (nSPS) is 17.8. The number of hydrogen-bond acceptors (Lipinski definition) is 3. The van der Waals surface area contributed by atoms with Crippen LogP contribution in [-0.2, 0) is 10.2 Å². The molecule has 1 saturated carbocycles. The van der Waals surface area contributed by atoms with Crippen LogP contribution in [0.2, 0.25) is 0 Å². The molecule has 28 heavy (non-hydrogen) atoms. The summed E-state index contributed by atoms with van der Waals surface area (Å²) in [7, 11) is 0. The molecule has 2 N–H and O–H groups in total. The molecule has 1 amide bonds. The number of amides is 1. The number of nitrogens with one attached hydrogen (secondary N) is 1. The molecule has 3 aromatic rings. The van der Waals surface area contributed by atoms with E-state index in [9.17, 15) is 9.90 Å². The highest BCUT2D eigenvalue weighted by atomic mass is 16.3. The maximum atomic E-state index is 12.9. The summed E-state index contributed by atoms with van der Waals surface area (Å²) >= 11 is 0. The van der Waals surface area contributed by atoms with Crippen LogP contribution in [0.1, 0.15) is 30.0 Å². The molecule has 0 radical (unpaired) electrons. The van der Waals surface area contributed by atoms with E-state index in [4.69, 9.17) is 0 Å². The predicted molar refractivity (Wildman–Crippen MR) is 110 cm³/mol. The number of phenolic OH excluding ortho intramolecular Hbond substituents is 1. The van der Waals surface area contributed by atoms with E-state index in [0.717, 1.165) is 23.1 Å². The minimum atomic E-state index is -0.297. The first-order chi connectivity index (χ1) is 13.6. The molecular weight excluding hydrogens is 348 g/mol. The van der Waals surface area contributed by atoms with Gasteiger partial charge in [0.1, 0.15) is 5.75 Å². The minimum absolute atomic E-state index is 0.0779. The minimum Gasteiger partial charge on any atom is -0.508 e. The monoisotopic (exact) mass is 370 g/mol. The van der Waals surface area contributed by atoms with Crippen LogP contribution in [0.3, 0.4) is 0 Å². The zero-order valence-corrected chi connectivity index (χ0v) is 15.7. The van der Waals surface area contributed by atoms with Gasteiger partial charge in [0, 0.05) is 5.41 Å². The second kappa shape index (κ2) is 7.31. The number of carbonyl (C=O) groups is 1. The van der Waals surface area contributed by atoms with Gasteiger partial charge in [-0.05, 0) is 54.3 Å². The summed E-state index contributed by atoms with van der Waals surface area (Å²) in [4.78, 5) is 12.9. The average Bonchev–Trinajstić information content (AvgIpc) is 3.51. The predicted octanol–water partition coefficient (Wildman–Crippen LogP) is 4.24. The van der Waals surface area contributed by atoms with Gasteiger partial charge in [0.2, 0.25) is 5.91 Å². The van der Waals surface area contributed by atoms with Crippen molar-refractivity contribution >= 4 is 11.6 Å². The number of benzene rings is 3. The van der Waals surface area contributed by atoms with Crippen LogP contribution in [0.25, 0.3) is 0 Å². The molecule has 1 atom stereocenters. The van der Waals surface area contributed by atoms with E-state index < -0.39 is 0 Å². The van der Waals surface area contributed by atoms with E-state index in [0.29, 0.717) is 5.71 Å². The molecule has 0 aliphatic heterocycles. The van der Waals surface area contributed by atoms with Crippen molar-refractivity contribution in [1.82, 2.24) is 5.43 Å². The van der Waals surface area contributed by atoms with Gasteiger partial charge in [0.25, 0.3) is 0 Å². The van der Waals surface area contributed by atoms with Crippen molar-refractivity contribution < 1.29 is 9.90 Å². The standard InChI is InChI=1S/C24H22N2O2/c1-17(18-12-14-21(27)15-13-18)25-26-23(28)22-16-24(22,19-8-4-2-5-9-19)20-10-6-3-7-11-20/h2-15,22,27H,16H2,1H3,(H,26,28)/b25-17+/t22-/m1/s1. The summed E-state index contributed by atoms with van der Waals surface area (Å²) in [5.74, 6) is -0.0337. The van der Waals surface area contributed by atoms with Gasteiger partial charge >= 0.3 is 0 Å². The lowest BCUT2D eigenvalue weighted by Crippen LogP contribution is -2.26. The Kier molecular flexibility index (Phi) is 4.70. The zero-order valence-electron chi connectivity index (χ0n) is 15.7. The molecule has 0 heterocycles. The van der Waals surface area contributed by atoms with Crippen molar-refractivity contribution in [3.63, 3.8) is 0 Å². The second-order valence-corrected chi connectivity index (χ2v) is 7.18. The van der Waals surface area contributed by atoms with Gasteiger partial charge in [0.15, 0.2) is 0 Å². The van der Waals surface area contributed by atoms with Crippen molar-refractivity contribution in [3.8, 4) is 5.75 Å². The smallest absolute Gasteiger partial charge is 0.244 e. The summed E-state index contributed by atoms with van der Waals surface area (Å²) < 4.78 is 0. The number of hydrogen-bond donors (Lipinski definition) is 2. The number of phenols is 1. The molecule has 1 aliphatic rings. The van der Waals surface area contributed by atoms with Crippen LogP contribution < -0.4 is 5.43 Å². The van der Waals surface area contributed by atoms with Crippen molar-refractivity contribution in [2.45, 2.75) is 18.8 Å². The molecule has 4 heteroatoms. The van der Waals surface area contributed by atoms with E-state index in [1.54, 1.807) is 24.3 Å². The van der Waals surface area contributed by atoms with Crippen molar-refractivity contribution in [1.29, 1.82) is 0 Å². The quantitative estimate of drug-likeness (QED) is 0.521. The SMILES string of the molecule is C/C(=N\NC(=O)[C@H]1CC1(c1ccccc1)c1ccccc1)c1ccc(O)cc1. The van der Waals surface area contributed by atoms with Gasteiger partial charge in [-0.25, -0.2) is 5.43 Å². The lowest BCUT2D eigenvalue weighted by atomic mass is 9.85. The molecule has 3 aromatic carbocycles. The Morgan fingerprint density at radius 1 is 0.929 bits per heavy atom. The van der Waals surface area contributed by atoms with Gasteiger partial charge < -0.3 is 5.11 Å². The molecule has 0 unspecified atom stereocenters. The van der Waals surface area contributed by atoms with E-state index in [-0.39, 0.29) is 23.0 Å². The van der Waals surface area contributed by atoms with Crippen molar-refractivity contribution in [2.24, 2.45) is 11.0 Å². The fraction of sp³-hybridized carbons (Fsp3) is 0.167. The molecule has 4 nitrogen and oxygen atoms in total. The van der Waals surface area contributed by atoms with Crippen molar-refractivity contribution in [2.75, 3.05) is 0 Å². The molecule has 140 valence electrons. The van der Waals surface area contributed by atoms with Gasteiger partial charge in [-0.15, -0.1) is 0 Å². The molecule has 0 aromatic heterocycles. The summed E-state index contributed by atoms with van der Waals surface area (Å²) in [6.45, 7) is 1.83. The van der Waals surface area contributed by atoms with E-state index in [1.165, 1.54) is 0 Å². The maximum absolute atomic E-state index is 12.9. The van der Waals surface area contributed by atoms with E-state index in [1.807, 2.05) is 43.3 Å². The highest BCUT2D eigenvalue weighted by Gasteiger charge is 2.60. The number of aromatic hydroxyl groups is 1. The third-order valence-electron chi connectivity index (χ3n) is 5.47. The first-order valence-electron chi connectivity index (χ1n) is 9.36. The van der Waals surface area contributed by atoms with Crippen LogP contribution in [0.15, 0.2) is 90.0 Å². The summed E-state index contributed by atoms with van der Waals surface area (Å²) in [5, 5.41) is 13.7. The Morgan fingerprint density at radius 3 is 2.00 bits per heavy atom. The number of nitrogens with zero attached hydrogens (tertiary/aromatic N) is 1. The van der Waals surface area contributed by atoms with Crippen LogP contribution in [0, 0.1) is 5.92 Å². The molecule has 1 fully saturated rings. The van der Waals surface area contributed by atoms with E-state index >= 15 is 0 Å².